The van der Waals surface area contributed by atoms with Gasteiger partial charge >= 0.3 is 5.97 Å². The Morgan fingerprint density at radius 3 is 2.88 bits per heavy atom. The molecule has 1 heterocycles. The summed E-state index contributed by atoms with van der Waals surface area (Å²) >= 11 is 0. The van der Waals surface area contributed by atoms with Gasteiger partial charge in [0.1, 0.15) is 5.54 Å². The number of carboxylic acids is 1. The normalized spacial score (nSPS) is 39.4. The van der Waals surface area contributed by atoms with Crippen molar-refractivity contribution < 1.29 is 14.6 Å². The molecule has 2 rings (SSSR count). The highest BCUT2D eigenvalue weighted by molar-refractivity contribution is 5.79. The van der Waals surface area contributed by atoms with Crippen LogP contribution in [-0.4, -0.2) is 60.4 Å². The molecule has 17 heavy (non-hydrogen) atoms. The smallest absolute Gasteiger partial charge is 0.323 e. The third-order valence-corrected chi connectivity index (χ3v) is 4.17. The van der Waals surface area contributed by atoms with Gasteiger partial charge in [-0.2, -0.15) is 0 Å². The van der Waals surface area contributed by atoms with Crippen molar-refractivity contribution in [2.45, 2.75) is 43.9 Å². The van der Waals surface area contributed by atoms with E-state index in [9.17, 15) is 9.90 Å². The lowest BCUT2D eigenvalue weighted by atomic mass is 9.97. The van der Waals surface area contributed by atoms with Crippen molar-refractivity contribution >= 4 is 5.97 Å². The summed E-state index contributed by atoms with van der Waals surface area (Å²) in [5, 5.41) is 12.3. The predicted molar refractivity (Wildman–Crippen MR) is 64.1 cm³/mol. The molecular formula is C12H22N2O3. The van der Waals surface area contributed by atoms with Crippen molar-refractivity contribution in [3.05, 3.63) is 0 Å². The minimum absolute atomic E-state index is 0.262. The molecule has 3 atom stereocenters. The van der Waals surface area contributed by atoms with E-state index >= 15 is 0 Å². The largest absolute Gasteiger partial charge is 0.480 e. The Hall–Kier alpha value is -0.650. The summed E-state index contributed by atoms with van der Waals surface area (Å²) in [6.07, 6.45) is 2.64. The number of nitrogens with one attached hydrogen (secondary N) is 1. The van der Waals surface area contributed by atoms with E-state index in [1.165, 1.54) is 0 Å². The molecule has 1 saturated heterocycles. The molecule has 0 radical (unpaired) electrons. The highest BCUT2D eigenvalue weighted by Gasteiger charge is 2.46. The number of ether oxygens (including phenoxy) is 1. The highest BCUT2D eigenvalue weighted by Crippen LogP contribution is 2.33. The highest BCUT2D eigenvalue weighted by atomic mass is 16.5. The summed E-state index contributed by atoms with van der Waals surface area (Å²) in [4.78, 5) is 13.7. The van der Waals surface area contributed by atoms with Gasteiger partial charge in [0.15, 0.2) is 0 Å². The second kappa shape index (κ2) is 4.92. The van der Waals surface area contributed by atoms with Crippen LogP contribution in [0.5, 0.6) is 0 Å². The van der Waals surface area contributed by atoms with Crippen LogP contribution in [0.2, 0.25) is 0 Å². The molecule has 98 valence electrons. The van der Waals surface area contributed by atoms with Crippen LogP contribution >= 0.6 is 0 Å². The molecular weight excluding hydrogens is 220 g/mol. The maximum Gasteiger partial charge on any atom is 0.323 e. The molecule has 1 aliphatic carbocycles. The van der Waals surface area contributed by atoms with Gasteiger partial charge in [0.25, 0.3) is 0 Å². The van der Waals surface area contributed by atoms with Crippen LogP contribution in [0.15, 0.2) is 0 Å². The minimum Gasteiger partial charge on any atom is -0.480 e. The van der Waals surface area contributed by atoms with Gasteiger partial charge in [0, 0.05) is 19.1 Å². The summed E-state index contributed by atoms with van der Waals surface area (Å²) in [5.41, 5.74) is -0.716. The molecule has 2 fully saturated rings. The van der Waals surface area contributed by atoms with E-state index in [1.54, 1.807) is 7.05 Å². The maximum atomic E-state index is 11.3. The Bertz CT molecular complexity index is 297. The number of rotatable bonds is 3. The number of aliphatic carboxylic acids is 1. The van der Waals surface area contributed by atoms with Crippen molar-refractivity contribution in [1.29, 1.82) is 0 Å². The van der Waals surface area contributed by atoms with E-state index < -0.39 is 11.5 Å². The van der Waals surface area contributed by atoms with Crippen molar-refractivity contribution in [2.75, 3.05) is 26.7 Å². The lowest BCUT2D eigenvalue weighted by molar-refractivity contribution is -0.144. The van der Waals surface area contributed by atoms with E-state index in [1.807, 2.05) is 0 Å². The fourth-order valence-electron chi connectivity index (χ4n) is 3.04. The second-order valence-electron chi connectivity index (χ2n) is 5.21. The Morgan fingerprint density at radius 1 is 1.59 bits per heavy atom. The Labute approximate surface area is 102 Å². The zero-order valence-electron chi connectivity index (χ0n) is 10.6. The Kier molecular flexibility index (Phi) is 3.70. The van der Waals surface area contributed by atoms with Crippen LogP contribution in [0.25, 0.3) is 0 Å². The molecule has 5 heteroatoms. The number of hydrogen-bond donors (Lipinski definition) is 2. The standard InChI is InChI=1S/C12H22N2O3/c1-9-8-14(5-6-17-9)10-3-4-12(7-10,13-2)11(15)16/h9-10,13H,3-8H2,1-2H3,(H,15,16). The molecule has 0 aromatic carbocycles. The molecule has 0 spiro atoms. The maximum absolute atomic E-state index is 11.3. The molecule has 0 aromatic heterocycles. The topological polar surface area (TPSA) is 61.8 Å². The molecule has 5 nitrogen and oxygen atoms in total. The number of morpholine rings is 1. The summed E-state index contributed by atoms with van der Waals surface area (Å²) in [6.45, 7) is 4.68. The number of nitrogens with zero attached hydrogens (tertiary/aromatic N) is 1. The van der Waals surface area contributed by atoms with Crippen LogP contribution in [0.4, 0.5) is 0 Å². The molecule has 2 N–H and O–H groups in total. The zero-order chi connectivity index (χ0) is 12.5. The van der Waals surface area contributed by atoms with Crippen LogP contribution in [0, 0.1) is 0 Å². The number of likely N-dealkylation sites (N-methyl/N-ethyl adjacent to an activating group) is 1. The average molecular weight is 242 g/mol. The van der Waals surface area contributed by atoms with Crippen LogP contribution < -0.4 is 5.32 Å². The Balaban J connectivity index is 1.99. The minimum atomic E-state index is -0.719. The van der Waals surface area contributed by atoms with Crippen molar-refractivity contribution in [3.8, 4) is 0 Å². The molecule has 2 aliphatic rings. The Morgan fingerprint density at radius 2 is 2.35 bits per heavy atom. The van der Waals surface area contributed by atoms with Gasteiger partial charge in [-0.3, -0.25) is 9.69 Å². The van der Waals surface area contributed by atoms with E-state index in [0.717, 1.165) is 32.5 Å². The molecule has 0 bridgehead atoms. The van der Waals surface area contributed by atoms with Gasteiger partial charge in [-0.05, 0) is 33.2 Å². The lowest BCUT2D eigenvalue weighted by Crippen LogP contribution is -2.51. The van der Waals surface area contributed by atoms with Crippen LogP contribution in [0.3, 0.4) is 0 Å². The SMILES string of the molecule is CNC1(C(=O)O)CCC(N2CCOC(C)C2)C1. The van der Waals surface area contributed by atoms with Crippen LogP contribution in [0.1, 0.15) is 26.2 Å². The number of carbonyl (C=O) groups is 1. The van der Waals surface area contributed by atoms with Gasteiger partial charge in [0.2, 0.25) is 0 Å². The fourth-order valence-corrected chi connectivity index (χ4v) is 3.04. The van der Waals surface area contributed by atoms with Gasteiger partial charge in [-0.15, -0.1) is 0 Å². The zero-order valence-corrected chi connectivity index (χ0v) is 10.6. The van der Waals surface area contributed by atoms with Crippen molar-refractivity contribution in [3.63, 3.8) is 0 Å². The molecule has 1 aliphatic heterocycles. The first-order valence-electron chi connectivity index (χ1n) is 6.35. The molecule has 1 saturated carbocycles. The summed E-state index contributed by atoms with van der Waals surface area (Å²) in [6, 6.07) is 0.380. The summed E-state index contributed by atoms with van der Waals surface area (Å²) in [5.74, 6) is -0.719. The first-order chi connectivity index (χ1) is 8.07. The number of hydrogen-bond acceptors (Lipinski definition) is 4. The van der Waals surface area contributed by atoms with Crippen molar-refractivity contribution in [2.24, 2.45) is 0 Å². The predicted octanol–water partition coefficient (Wildman–Crippen LogP) is 0.302. The van der Waals surface area contributed by atoms with E-state index in [2.05, 4.69) is 17.1 Å². The fraction of sp³-hybridized carbons (Fsp3) is 0.917. The quantitative estimate of drug-likeness (QED) is 0.745. The van der Waals surface area contributed by atoms with E-state index in [-0.39, 0.29) is 6.10 Å². The van der Waals surface area contributed by atoms with Crippen molar-refractivity contribution in [1.82, 2.24) is 10.2 Å². The average Bonchev–Trinajstić information content (AvgIpc) is 2.74. The monoisotopic (exact) mass is 242 g/mol. The number of carboxylic acid groups (broad SMARTS) is 1. The van der Waals surface area contributed by atoms with Crippen LogP contribution in [-0.2, 0) is 9.53 Å². The first-order valence-corrected chi connectivity index (χ1v) is 6.35. The lowest BCUT2D eigenvalue weighted by Gasteiger charge is -2.36. The third-order valence-electron chi connectivity index (χ3n) is 4.17. The summed E-state index contributed by atoms with van der Waals surface area (Å²) in [7, 11) is 1.75. The summed E-state index contributed by atoms with van der Waals surface area (Å²) < 4.78 is 5.52. The van der Waals surface area contributed by atoms with E-state index in [0.29, 0.717) is 12.5 Å². The third kappa shape index (κ3) is 2.46. The second-order valence-corrected chi connectivity index (χ2v) is 5.21. The van der Waals surface area contributed by atoms with Gasteiger partial charge in [0.05, 0.1) is 12.7 Å². The molecule has 0 amide bonds. The molecule has 3 unspecified atom stereocenters. The van der Waals surface area contributed by atoms with Gasteiger partial charge < -0.3 is 15.2 Å². The van der Waals surface area contributed by atoms with Gasteiger partial charge in [-0.25, -0.2) is 0 Å². The van der Waals surface area contributed by atoms with Gasteiger partial charge in [-0.1, -0.05) is 0 Å². The first kappa shape index (κ1) is 12.8. The molecule has 0 aromatic rings. The van der Waals surface area contributed by atoms with E-state index in [4.69, 9.17) is 4.74 Å².